The predicted molar refractivity (Wildman–Crippen MR) is 103 cm³/mol. The zero-order valence-corrected chi connectivity index (χ0v) is 15.6. The van der Waals surface area contributed by atoms with Gasteiger partial charge in [0.2, 0.25) is 0 Å². The van der Waals surface area contributed by atoms with E-state index in [-0.39, 0.29) is 4.90 Å². The Balaban J connectivity index is 1.67. The largest absolute Gasteiger partial charge is 0.366 e. The van der Waals surface area contributed by atoms with E-state index in [1.54, 1.807) is 37.5 Å². The van der Waals surface area contributed by atoms with Crippen LogP contribution in [0.25, 0.3) is 0 Å². The summed E-state index contributed by atoms with van der Waals surface area (Å²) in [5.74, 6) is 0.638. The summed E-state index contributed by atoms with van der Waals surface area (Å²) in [4.78, 5) is 8.42. The highest BCUT2D eigenvalue weighted by Gasteiger charge is 2.15. The van der Waals surface area contributed by atoms with Gasteiger partial charge in [0.25, 0.3) is 10.0 Å². The molecule has 8 heteroatoms. The van der Waals surface area contributed by atoms with Crippen molar-refractivity contribution >= 4 is 33.1 Å². The first kappa shape index (κ1) is 18.2. The van der Waals surface area contributed by atoms with Gasteiger partial charge in [0.15, 0.2) is 0 Å². The number of pyridine rings is 2. The second-order valence-corrected chi connectivity index (χ2v) is 7.75. The van der Waals surface area contributed by atoms with E-state index in [0.29, 0.717) is 28.6 Å². The van der Waals surface area contributed by atoms with E-state index in [4.69, 9.17) is 11.6 Å². The minimum Gasteiger partial charge on any atom is -0.366 e. The Labute approximate surface area is 157 Å². The molecule has 26 heavy (non-hydrogen) atoms. The maximum absolute atomic E-state index is 12.5. The topological polar surface area (TPSA) is 84.0 Å². The fourth-order valence-corrected chi connectivity index (χ4v) is 3.50. The summed E-state index contributed by atoms with van der Waals surface area (Å²) in [6, 6.07) is 11.7. The zero-order valence-electron chi connectivity index (χ0n) is 14.0. The lowest BCUT2D eigenvalue weighted by atomic mass is 10.2. The zero-order chi connectivity index (χ0) is 18.6. The van der Waals surface area contributed by atoms with Crippen molar-refractivity contribution in [3.05, 3.63) is 77.2 Å². The quantitative estimate of drug-likeness (QED) is 0.670. The van der Waals surface area contributed by atoms with E-state index in [0.717, 1.165) is 5.56 Å². The number of anilines is 2. The highest BCUT2D eigenvalue weighted by Crippen LogP contribution is 2.22. The van der Waals surface area contributed by atoms with Gasteiger partial charge in [0.1, 0.15) is 5.82 Å². The van der Waals surface area contributed by atoms with E-state index < -0.39 is 10.0 Å². The van der Waals surface area contributed by atoms with Crippen molar-refractivity contribution in [3.8, 4) is 0 Å². The molecule has 0 saturated carbocycles. The van der Waals surface area contributed by atoms with Gasteiger partial charge in [-0.3, -0.25) is 9.71 Å². The number of benzene rings is 1. The van der Waals surface area contributed by atoms with Crippen LogP contribution in [0, 0.1) is 6.92 Å². The van der Waals surface area contributed by atoms with Crippen LogP contribution in [-0.4, -0.2) is 18.4 Å². The Hall–Kier alpha value is -2.64. The predicted octanol–water partition coefficient (Wildman–Crippen LogP) is 3.85. The van der Waals surface area contributed by atoms with Gasteiger partial charge >= 0.3 is 0 Å². The number of aryl methyl sites for hydroxylation is 1. The highest BCUT2D eigenvalue weighted by atomic mass is 35.5. The Bertz CT molecular complexity index is 993. The number of hydrogen-bond acceptors (Lipinski definition) is 5. The second kappa shape index (κ2) is 7.72. The number of rotatable bonds is 6. The lowest BCUT2D eigenvalue weighted by molar-refractivity contribution is 0.601. The molecule has 6 nitrogen and oxygen atoms in total. The van der Waals surface area contributed by atoms with E-state index in [9.17, 15) is 8.42 Å². The summed E-state index contributed by atoms with van der Waals surface area (Å²) >= 11 is 5.95. The van der Waals surface area contributed by atoms with Crippen molar-refractivity contribution in [2.75, 3.05) is 10.0 Å². The Kier molecular flexibility index (Phi) is 5.39. The van der Waals surface area contributed by atoms with Crippen molar-refractivity contribution in [1.82, 2.24) is 9.97 Å². The molecule has 0 radical (unpaired) electrons. The number of aromatic nitrogens is 2. The summed E-state index contributed by atoms with van der Waals surface area (Å²) in [5, 5.41) is 3.68. The summed E-state index contributed by atoms with van der Waals surface area (Å²) in [5.41, 5.74) is 2.10. The molecular formula is C18H17ClN4O2S. The van der Waals surface area contributed by atoms with E-state index >= 15 is 0 Å². The first-order chi connectivity index (χ1) is 12.4. The number of halogens is 1. The van der Waals surface area contributed by atoms with Crippen molar-refractivity contribution in [2.45, 2.75) is 18.4 Å². The molecule has 0 saturated heterocycles. The standard InChI is InChI=1S/C18H17ClN4O2S/c1-13-9-16(5-6-17(13)19)26(24,25)23-15-4-7-18(22-12-15)21-11-14-3-2-8-20-10-14/h2-10,12,23H,11H2,1H3,(H,21,22). The summed E-state index contributed by atoms with van der Waals surface area (Å²) in [6.07, 6.45) is 4.94. The van der Waals surface area contributed by atoms with Crippen LogP contribution in [0.5, 0.6) is 0 Å². The van der Waals surface area contributed by atoms with Crippen molar-refractivity contribution in [1.29, 1.82) is 0 Å². The minimum atomic E-state index is -3.70. The molecule has 0 unspecified atom stereocenters. The normalized spacial score (nSPS) is 11.2. The molecule has 3 aromatic rings. The fraction of sp³-hybridized carbons (Fsp3) is 0.111. The molecule has 1 aromatic carbocycles. The van der Waals surface area contributed by atoms with Crippen LogP contribution in [0.2, 0.25) is 5.02 Å². The molecular weight excluding hydrogens is 372 g/mol. The fourth-order valence-electron chi connectivity index (χ4n) is 2.25. The summed E-state index contributed by atoms with van der Waals surface area (Å²) in [6.45, 7) is 2.33. The van der Waals surface area contributed by atoms with Gasteiger partial charge in [0, 0.05) is 24.0 Å². The van der Waals surface area contributed by atoms with Crippen LogP contribution in [-0.2, 0) is 16.6 Å². The third-order valence-corrected chi connectivity index (χ3v) is 5.45. The molecule has 2 N–H and O–H groups in total. The third kappa shape index (κ3) is 4.50. The van der Waals surface area contributed by atoms with Gasteiger partial charge in [-0.05, 0) is 54.4 Å². The van der Waals surface area contributed by atoms with Crippen molar-refractivity contribution in [3.63, 3.8) is 0 Å². The van der Waals surface area contributed by atoms with Crippen LogP contribution in [0.3, 0.4) is 0 Å². The first-order valence-corrected chi connectivity index (χ1v) is 9.68. The number of sulfonamides is 1. The van der Waals surface area contributed by atoms with Crippen LogP contribution < -0.4 is 10.0 Å². The monoisotopic (exact) mass is 388 g/mol. The lowest BCUT2D eigenvalue weighted by Crippen LogP contribution is -2.13. The Morgan fingerprint density at radius 2 is 1.96 bits per heavy atom. The smallest absolute Gasteiger partial charge is 0.261 e. The third-order valence-electron chi connectivity index (χ3n) is 3.65. The lowest BCUT2D eigenvalue weighted by Gasteiger charge is -2.10. The molecule has 0 bridgehead atoms. The summed E-state index contributed by atoms with van der Waals surface area (Å²) in [7, 11) is -3.70. The maximum Gasteiger partial charge on any atom is 0.261 e. The first-order valence-electron chi connectivity index (χ1n) is 7.82. The van der Waals surface area contributed by atoms with Crippen LogP contribution in [0.15, 0.2) is 66.0 Å². The number of nitrogens with one attached hydrogen (secondary N) is 2. The van der Waals surface area contributed by atoms with Gasteiger partial charge in [0.05, 0.1) is 16.8 Å². The molecule has 2 heterocycles. The number of hydrogen-bond donors (Lipinski definition) is 2. The Morgan fingerprint density at radius 3 is 2.62 bits per heavy atom. The Morgan fingerprint density at radius 1 is 1.12 bits per heavy atom. The molecule has 0 fully saturated rings. The van der Waals surface area contributed by atoms with E-state index in [1.165, 1.54) is 18.3 Å². The highest BCUT2D eigenvalue weighted by molar-refractivity contribution is 7.92. The molecule has 0 aliphatic rings. The van der Waals surface area contributed by atoms with Gasteiger partial charge in [-0.2, -0.15) is 0 Å². The van der Waals surface area contributed by atoms with Gasteiger partial charge in [-0.25, -0.2) is 13.4 Å². The molecule has 0 aliphatic carbocycles. The van der Waals surface area contributed by atoms with Gasteiger partial charge in [-0.15, -0.1) is 0 Å². The molecule has 134 valence electrons. The van der Waals surface area contributed by atoms with Crippen LogP contribution in [0.1, 0.15) is 11.1 Å². The molecule has 2 aromatic heterocycles. The minimum absolute atomic E-state index is 0.151. The average Bonchev–Trinajstić information content (AvgIpc) is 2.64. The average molecular weight is 389 g/mol. The molecule has 0 atom stereocenters. The second-order valence-electron chi connectivity index (χ2n) is 5.66. The maximum atomic E-state index is 12.5. The number of nitrogens with zero attached hydrogens (tertiary/aromatic N) is 2. The molecule has 0 amide bonds. The molecule has 0 spiro atoms. The SMILES string of the molecule is Cc1cc(S(=O)(=O)Nc2ccc(NCc3cccnc3)nc2)ccc1Cl. The van der Waals surface area contributed by atoms with Crippen LogP contribution in [0.4, 0.5) is 11.5 Å². The summed E-state index contributed by atoms with van der Waals surface area (Å²) < 4.78 is 27.4. The van der Waals surface area contributed by atoms with Gasteiger partial charge in [-0.1, -0.05) is 17.7 Å². The van der Waals surface area contributed by atoms with E-state index in [1.807, 2.05) is 12.1 Å². The van der Waals surface area contributed by atoms with Gasteiger partial charge < -0.3 is 5.32 Å². The molecule has 0 aliphatic heterocycles. The van der Waals surface area contributed by atoms with E-state index in [2.05, 4.69) is 20.0 Å². The van der Waals surface area contributed by atoms with Crippen LogP contribution >= 0.6 is 11.6 Å². The molecule has 3 rings (SSSR count). The van der Waals surface area contributed by atoms with Crippen molar-refractivity contribution < 1.29 is 8.42 Å². The van der Waals surface area contributed by atoms with Crippen molar-refractivity contribution in [2.24, 2.45) is 0 Å².